The molecule has 1 saturated heterocycles. The number of hydrogen-bond acceptors (Lipinski definition) is 5. The third-order valence-corrected chi connectivity index (χ3v) is 6.12. The summed E-state index contributed by atoms with van der Waals surface area (Å²) in [7, 11) is 1.62. The molecule has 0 spiro atoms. The van der Waals surface area contributed by atoms with Crippen molar-refractivity contribution in [3.05, 3.63) is 59.7 Å². The monoisotopic (exact) mass is 508 g/mol. The fourth-order valence-electron chi connectivity index (χ4n) is 4.42. The summed E-state index contributed by atoms with van der Waals surface area (Å²) in [6.45, 7) is 2.62. The highest BCUT2D eigenvalue weighted by molar-refractivity contribution is 5.98. The Bertz CT molecular complexity index is 1240. The van der Waals surface area contributed by atoms with E-state index < -0.39 is 48.5 Å². The van der Waals surface area contributed by atoms with Crippen molar-refractivity contribution in [3.63, 3.8) is 0 Å². The van der Waals surface area contributed by atoms with E-state index in [4.69, 9.17) is 0 Å². The van der Waals surface area contributed by atoms with Crippen molar-refractivity contribution in [1.29, 1.82) is 0 Å². The molecule has 4 heterocycles. The minimum atomic E-state index is -4.52. The number of carbonyl (C=O) groups is 1. The van der Waals surface area contributed by atoms with Crippen LogP contribution >= 0.6 is 0 Å². The van der Waals surface area contributed by atoms with Gasteiger partial charge in [0.25, 0.3) is 11.8 Å². The molecule has 1 aliphatic heterocycles. The molecule has 1 amide bonds. The number of rotatable bonds is 5. The average molecular weight is 508 g/mol. The van der Waals surface area contributed by atoms with Crippen molar-refractivity contribution >= 4 is 11.7 Å². The smallest absolute Gasteiger partial charge is 0.368 e. The number of hydrogen-bond donors (Lipinski definition) is 1. The first kappa shape index (κ1) is 25.5. The second-order valence-corrected chi connectivity index (χ2v) is 9.08. The number of anilines is 1. The quantitative estimate of drug-likeness (QED) is 0.501. The highest BCUT2D eigenvalue weighted by Gasteiger charge is 2.47. The van der Waals surface area contributed by atoms with Crippen LogP contribution in [0.4, 0.5) is 27.8 Å². The summed E-state index contributed by atoms with van der Waals surface area (Å²) in [6, 6.07) is 6.65. The van der Waals surface area contributed by atoms with Gasteiger partial charge in [0.2, 0.25) is 0 Å². The van der Waals surface area contributed by atoms with Gasteiger partial charge < -0.3 is 10.2 Å². The molecule has 0 bridgehead atoms. The van der Waals surface area contributed by atoms with Crippen LogP contribution in [-0.2, 0) is 13.2 Å². The zero-order valence-corrected chi connectivity index (χ0v) is 19.9. The molecule has 192 valence electrons. The predicted molar refractivity (Wildman–Crippen MR) is 122 cm³/mol. The van der Waals surface area contributed by atoms with Crippen molar-refractivity contribution in [2.75, 3.05) is 18.4 Å². The van der Waals surface area contributed by atoms with Gasteiger partial charge in [-0.15, -0.1) is 0 Å². The zero-order chi connectivity index (χ0) is 26.3. The maximum absolute atomic E-state index is 14.6. The Kier molecular flexibility index (Phi) is 6.72. The lowest BCUT2D eigenvalue weighted by Crippen LogP contribution is -2.57. The highest BCUT2D eigenvalue weighted by atomic mass is 19.4. The van der Waals surface area contributed by atoms with Crippen molar-refractivity contribution < 1.29 is 26.7 Å². The summed E-state index contributed by atoms with van der Waals surface area (Å²) in [6.07, 6.45) is -2.65. The van der Waals surface area contributed by atoms with Crippen LogP contribution < -0.4 is 5.32 Å². The minimum Gasteiger partial charge on any atom is -0.368 e. The van der Waals surface area contributed by atoms with E-state index in [1.54, 1.807) is 45.3 Å². The van der Waals surface area contributed by atoms with Gasteiger partial charge in [-0.25, -0.2) is 13.8 Å². The number of halogens is 5. The van der Waals surface area contributed by atoms with Crippen molar-refractivity contribution in [2.24, 2.45) is 13.0 Å². The van der Waals surface area contributed by atoms with Gasteiger partial charge >= 0.3 is 6.18 Å². The lowest BCUT2D eigenvalue weighted by Gasteiger charge is -2.43. The normalized spacial score (nSPS) is 19.8. The molecule has 1 fully saturated rings. The average Bonchev–Trinajstić information content (AvgIpc) is 3.18. The summed E-state index contributed by atoms with van der Waals surface area (Å²) in [5.41, 5.74) is 0.732. The molecular weight excluding hydrogens is 483 g/mol. The van der Waals surface area contributed by atoms with Gasteiger partial charge in [0, 0.05) is 38.1 Å². The van der Waals surface area contributed by atoms with Crippen LogP contribution in [0, 0.1) is 12.8 Å². The SMILES string of the molecule is Cc1cccc(-c2cn(C)nc2C(=O)N2CC(F)(F)CC(C)C2CNc2ccc(C(F)(F)F)cn2)n1. The molecule has 1 aliphatic rings. The van der Waals surface area contributed by atoms with E-state index in [0.717, 1.165) is 22.7 Å². The molecule has 3 aromatic rings. The first-order valence-electron chi connectivity index (χ1n) is 11.3. The molecule has 7 nitrogen and oxygen atoms in total. The van der Waals surface area contributed by atoms with E-state index in [2.05, 4.69) is 20.4 Å². The summed E-state index contributed by atoms with van der Waals surface area (Å²) in [5, 5.41) is 7.14. The fraction of sp³-hybridized carbons (Fsp3) is 0.417. The van der Waals surface area contributed by atoms with E-state index in [0.29, 0.717) is 17.5 Å². The number of aryl methyl sites for hydroxylation is 2. The molecule has 1 N–H and O–H groups in total. The third kappa shape index (κ3) is 5.47. The van der Waals surface area contributed by atoms with Gasteiger partial charge in [-0.05, 0) is 37.1 Å². The van der Waals surface area contributed by atoms with Crippen molar-refractivity contribution in [2.45, 2.75) is 38.4 Å². The number of nitrogens with zero attached hydrogens (tertiary/aromatic N) is 5. The summed E-state index contributed by atoms with van der Waals surface area (Å²) < 4.78 is 69.0. The van der Waals surface area contributed by atoms with Gasteiger partial charge in [-0.1, -0.05) is 13.0 Å². The van der Waals surface area contributed by atoms with Crippen LogP contribution in [0.5, 0.6) is 0 Å². The topological polar surface area (TPSA) is 75.9 Å². The Morgan fingerprint density at radius 3 is 2.61 bits per heavy atom. The molecule has 0 saturated carbocycles. The Labute approximate surface area is 204 Å². The molecule has 4 rings (SSSR count). The van der Waals surface area contributed by atoms with Crippen molar-refractivity contribution in [3.8, 4) is 11.3 Å². The molecule has 0 aromatic carbocycles. The minimum absolute atomic E-state index is 0.00171. The molecule has 0 radical (unpaired) electrons. The Morgan fingerprint density at radius 2 is 1.97 bits per heavy atom. The largest absolute Gasteiger partial charge is 0.417 e. The second-order valence-electron chi connectivity index (χ2n) is 9.08. The first-order chi connectivity index (χ1) is 16.8. The van der Waals surface area contributed by atoms with Gasteiger partial charge in [0.05, 0.1) is 29.4 Å². The Morgan fingerprint density at radius 1 is 1.22 bits per heavy atom. The lowest BCUT2D eigenvalue weighted by atomic mass is 9.88. The molecular formula is C24H25F5N6O. The summed E-state index contributed by atoms with van der Waals surface area (Å²) in [4.78, 5) is 22.9. The van der Waals surface area contributed by atoms with E-state index >= 15 is 0 Å². The van der Waals surface area contributed by atoms with Crippen LogP contribution in [0.3, 0.4) is 0 Å². The number of nitrogens with one attached hydrogen (secondary N) is 1. The molecule has 2 atom stereocenters. The van der Waals surface area contributed by atoms with E-state index in [1.807, 2.05) is 0 Å². The van der Waals surface area contributed by atoms with Crippen molar-refractivity contribution in [1.82, 2.24) is 24.6 Å². The number of pyridine rings is 2. The van der Waals surface area contributed by atoms with Crippen LogP contribution in [0.1, 0.15) is 35.1 Å². The summed E-state index contributed by atoms with van der Waals surface area (Å²) in [5.74, 6) is -4.24. The van der Waals surface area contributed by atoms with Crippen LogP contribution in [0.2, 0.25) is 0 Å². The predicted octanol–water partition coefficient (Wildman–Crippen LogP) is 4.80. The van der Waals surface area contributed by atoms with Gasteiger partial charge in [0.15, 0.2) is 5.69 Å². The maximum atomic E-state index is 14.6. The second kappa shape index (κ2) is 9.47. The number of amides is 1. The van der Waals surface area contributed by atoms with Gasteiger partial charge in [-0.3, -0.25) is 14.5 Å². The fourth-order valence-corrected chi connectivity index (χ4v) is 4.42. The van der Waals surface area contributed by atoms with Gasteiger partial charge in [0.1, 0.15) is 5.82 Å². The van der Waals surface area contributed by atoms with E-state index in [1.165, 1.54) is 4.68 Å². The van der Waals surface area contributed by atoms with Crippen LogP contribution in [0.25, 0.3) is 11.3 Å². The molecule has 3 aromatic heterocycles. The number of piperidine rings is 1. The third-order valence-electron chi connectivity index (χ3n) is 6.12. The Balaban J connectivity index is 1.61. The number of likely N-dealkylation sites (tertiary alicyclic amines) is 1. The summed E-state index contributed by atoms with van der Waals surface area (Å²) >= 11 is 0. The standard InChI is InChI=1S/C24H25F5N6O/c1-14-9-23(25,26)13-35(19(14)11-31-20-8-7-16(10-30-20)24(27,28)29)22(36)21-17(12-34(3)33-21)18-6-4-5-15(2)32-18/h4-8,10,12,14,19H,9,11,13H2,1-3H3,(H,30,31). The number of aromatic nitrogens is 4. The molecule has 12 heteroatoms. The van der Waals surface area contributed by atoms with Gasteiger partial charge in [-0.2, -0.15) is 18.3 Å². The number of carbonyl (C=O) groups excluding carboxylic acids is 1. The lowest BCUT2D eigenvalue weighted by molar-refractivity contribution is -0.137. The molecule has 36 heavy (non-hydrogen) atoms. The Hall–Kier alpha value is -3.57. The molecule has 0 aliphatic carbocycles. The zero-order valence-electron chi connectivity index (χ0n) is 19.9. The number of alkyl halides is 5. The van der Waals surface area contributed by atoms with Crippen LogP contribution in [-0.4, -0.2) is 55.6 Å². The highest BCUT2D eigenvalue weighted by Crippen LogP contribution is 2.36. The first-order valence-corrected chi connectivity index (χ1v) is 11.3. The van der Waals surface area contributed by atoms with E-state index in [-0.39, 0.29) is 18.1 Å². The van der Waals surface area contributed by atoms with Crippen LogP contribution in [0.15, 0.2) is 42.7 Å². The maximum Gasteiger partial charge on any atom is 0.417 e. The molecule has 2 unspecified atom stereocenters. The van der Waals surface area contributed by atoms with E-state index in [9.17, 15) is 26.7 Å².